The monoisotopic (exact) mass is 298 g/mol. The third-order valence-electron chi connectivity index (χ3n) is 3.71. The van der Waals surface area contributed by atoms with Crippen LogP contribution in [0.15, 0.2) is 29.0 Å². The summed E-state index contributed by atoms with van der Waals surface area (Å²) in [6.07, 6.45) is 2.13. The second-order valence-electron chi connectivity index (χ2n) is 5.48. The molecule has 1 aromatic carbocycles. The van der Waals surface area contributed by atoms with Crippen LogP contribution in [0.5, 0.6) is 0 Å². The number of aromatic nitrogens is 3. The zero-order valence-corrected chi connectivity index (χ0v) is 12.9. The number of nitrogens with zero attached hydrogens (tertiary/aromatic N) is 3. The van der Waals surface area contributed by atoms with Gasteiger partial charge in [-0.1, -0.05) is 5.16 Å². The number of carbonyl (C=O) groups is 1. The molecule has 2 aromatic heterocycles. The van der Waals surface area contributed by atoms with E-state index in [4.69, 9.17) is 4.52 Å². The standard InChI is InChI=1S/C16H18N4O2/c1-10-6-13-14(7-11(10)2)20(9-17-13)5-4-16(21)18-15-8-12(3)22-19-15/h6-9H,4-5H2,1-3H3,(H,18,19,21). The van der Waals surface area contributed by atoms with Crippen molar-refractivity contribution in [2.75, 3.05) is 5.32 Å². The Bertz CT molecular complexity index is 832. The molecule has 1 N–H and O–H groups in total. The number of carbonyl (C=O) groups excluding carboxylic acids is 1. The molecule has 0 saturated heterocycles. The van der Waals surface area contributed by atoms with Crippen LogP contribution in [0.2, 0.25) is 0 Å². The Morgan fingerprint density at radius 1 is 1.23 bits per heavy atom. The fourth-order valence-corrected chi connectivity index (χ4v) is 2.34. The lowest BCUT2D eigenvalue weighted by Gasteiger charge is -2.06. The highest BCUT2D eigenvalue weighted by Gasteiger charge is 2.09. The number of benzene rings is 1. The fourth-order valence-electron chi connectivity index (χ4n) is 2.34. The molecule has 114 valence electrons. The highest BCUT2D eigenvalue weighted by atomic mass is 16.5. The molecule has 6 heteroatoms. The molecule has 2 heterocycles. The van der Waals surface area contributed by atoms with Crippen molar-refractivity contribution in [3.8, 4) is 0 Å². The van der Waals surface area contributed by atoms with Gasteiger partial charge in [0.2, 0.25) is 5.91 Å². The summed E-state index contributed by atoms with van der Waals surface area (Å²) in [6.45, 7) is 6.50. The largest absolute Gasteiger partial charge is 0.360 e. The van der Waals surface area contributed by atoms with E-state index in [1.54, 1.807) is 19.3 Å². The minimum absolute atomic E-state index is 0.0982. The number of aryl methyl sites for hydroxylation is 4. The quantitative estimate of drug-likeness (QED) is 0.803. The molecule has 0 aliphatic heterocycles. The SMILES string of the molecule is Cc1cc(NC(=O)CCn2cnc3cc(C)c(C)cc32)no1. The van der Waals surface area contributed by atoms with Crippen LogP contribution in [0.1, 0.15) is 23.3 Å². The average Bonchev–Trinajstić information content (AvgIpc) is 3.04. The van der Waals surface area contributed by atoms with Gasteiger partial charge in [-0.3, -0.25) is 4.79 Å². The van der Waals surface area contributed by atoms with Crippen molar-refractivity contribution < 1.29 is 9.32 Å². The van der Waals surface area contributed by atoms with Crippen LogP contribution in [-0.2, 0) is 11.3 Å². The first kappa shape index (κ1) is 14.3. The van der Waals surface area contributed by atoms with E-state index in [0.29, 0.717) is 24.5 Å². The number of hydrogen-bond donors (Lipinski definition) is 1. The summed E-state index contributed by atoms with van der Waals surface area (Å²) in [5, 5.41) is 6.46. The van der Waals surface area contributed by atoms with Gasteiger partial charge in [0.25, 0.3) is 0 Å². The van der Waals surface area contributed by atoms with Gasteiger partial charge in [0, 0.05) is 19.0 Å². The first-order chi connectivity index (χ1) is 10.5. The third kappa shape index (κ3) is 2.86. The van der Waals surface area contributed by atoms with Crippen molar-refractivity contribution in [3.63, 3.8) is 0 Å². The molecule has 0 aliphatic rings. The first-order valence-corrected chi connectivity index (χ1v) is 7.18. The summed E-state index contributed by atoms with van der Waals surface area (Å²) in [5.74, 6) is 1.02. The van der Waals surface area contributed by atoms with Crippen molar-refractivity contribution in [1.29, 1.82) is 0 Å². The summed E-state index contributed by atoms with van der Waals surface area (Å²) in [4.78, 5) is 16.3. The van der Waals surface area contributed by atoms with Crippen molar-refractivity contribution in [2.45, 2.75) is 33.7 Å². The van der Waals surface area contributed by atoms with E-state index >= 15 is 0 Å². The van der Waals surface area contributed by atoms with Crippen LogP contribution >= 0.6 is 0 Å². The molecule has 0 saturated carbocycles. The van der Waals surface area contributed by atoms with E-state index < -0.39 is 0 Å². The Kier molecular flexibility index (Phi) is 3.66. The summed E-state index contributed by atoms with van der Waals surface area (Å²) < 4.78 is 6.91. The van der Waals surface area contributed by atoms with Gasteiger partial charge < -0.3 is 14.4 Å². The molecule has 0 unspecified atom stereocenters. The molecule has 0 aliphatic carbocycles. The van der Waals surface area contributed by atoms with Gasteiger partial charge in [-0.15, -0.1) is 0 Å². The number of imidazole rings is 1. The molecule has 3 rings (SSSR count). The average molecular weight is 298 g/mol. The Balaban J connectivity index is 1.68. The Hall–Kier alpha value is -2.63. The second kappa shape index (κ2) is 5.63. The minimum atomic E-state index is -0.0982. The molecule has 0 spiro atoms. The number of fused-ring (bicyclic) bond motifs is 1. The van der Waals surface area contributed by atoms with Crippen LogP contribution in [0, 0.1) is 20.8 Å². The number of hydrogen-bond acceptors (Lipinski definition) is 4. The van der Waals surface area contributed by atoms with Gasteiger partial charge in [0.1, 0.15) is 5.76 Å². The molecule has 3 aromatic rings. The number of nitrogens with one attached hydrogen (secondary N) is 1. The molecule has 0 fully saturated rings. The van der Waals surface area contributed by atoms with E-state index in [1.165, 1.54) is 11.1 Å². The molecule has 1 amide bonds. The van der Waals surface area contributed by atoms with E-state index in [2.05, 4.69) is 41.4 Å². The van der Waals surface area contributed by atoms with E-state index in [9.17, 15) is 4.79 Å². The molecule has 6 nitrogen and oxygen atoms in total. The Labute approximate surface area is 128 Å². The zero-order valence-electron chi connectivity index (χ0n) is 12.9. The highest BCUT2D eigenvalue weighted by molar-refractivity contribution is 5.89. The predicted octanol–water partition coefficient (Wildman–Crippen LogP) is 2.98. The zero-order chi connectivity index (χ0) is 15.7. The van der Waals surface area contributed by atoms with E-state index in [1.807, 2.05) is 4.57 Å². The van der Waals surface area contributed by atoms with Crippen molar-refractivity contribution >= 4 is 22.8 Å². The van der Waals surface area contributed by atoms with Gasteiger partial charge in [-0.25, -0.2) is 4.98 Å². The van der Waals surface area contributed by atoms with Crippen molar-refractivity contribution in [2.24, 2.45) is 0 Å². The predicted molar refractivity (Wildman–Crippen MR) is 83.7 cm³/mol. The Morgan fingerprint density at radius 2 is 2.00 bits per heavy atom. The van der Waals surface area contributed by atoms with Crippen LogP contribution < -0.4 is 5.32 Å². The number of rotatable bonds is 4. The van der Waals surface area contributed by atoms with E-state index in [0.717, 1.165) is 11.0 Å². The van der Waals surface area contributed by atoms with Gasteiger partial charge in [-0.05, 0) is 44.0 Å². The van der Waals surface area contributed by atoms with Gasteiger partial charge in [0.15, 0.2) is 5.82 Å². The maximum absolute atomic E-state index is 11.9. The van der Waals surface area contributed by atoms with E-state index in [-0.39, 0.29) is 5.91 Å². The lowest BCUT2D eigenvalue weighted by molar-refractivity contribution is -0.116. The molecular weight excluding hydrogens is 280 g/mol. The van der Waals surface area contributed by atoms with Crippen LogP contribution in [0.4, 0.5) is 5.82 Å². The minimum Gasteiger partial charge on any atom is -0.360 e. The third-order valence-corrected chi connectivity index (χ3v) is 3.71. The van der Waals surface area contributed by atoms with Crippen molar-refractivity contribution in [3.05, 3.63) is 41.4 Å². The maximum atomic E-state index is 11.9. The topological polar surface area (TPSA) is 73.0 Å². The molecule has 0 atom stereocenters. The second-order valence-corrected chi connectivity index (χ2v) is 5.48. The highest BCUT2D eigenvalue weighted by Crippen LogP contribution is 2.18. The van der Waals surface area contributed by atoms with Crippen molar-refractivity contribution in [1.82, 2.24) is 14.7 Å². The lowest BCUT2D eigenvalue weighted by Crippen LogP contribution is -2.14. The van der Waals surface area contributed by atoms with Gasteiger partial charge in [0.05, 0.1) is 17.4 Å². The van der Waals surface area contributed by atoms with Crippen LogP contribution in [-0.4, -0.2) is 20.6 Å². The maximum Gasteiger partial charge on any atom is 0.227 e. The molecule has 22 heavy (non-hydrogen) atoms. The summed E-state index contributed by atoms with van der Waals surface area (Å²) in [6, 6.07) is 5.87. The lowest BCUT2D eigenvalue weighted by atomic mass is 10.1. The number of anilines is 1. The Morgan fingerprint density at radius 3 is 2.73 bits per heavy atom. The molecule has 0 bridgehead atoms. The summed E-state index contributed by atoms with van der Waals surface area (Å²) >= 11 is 0. The fraction of sp³-hybridized carbons (Fsp3) is 0.312. The van der Waals surface area contributed by atoms with Crippen LogP contribution in [0.3, 0.4) is 0 Å². The molecular formula is C16H18N4O2. The van der Waals surface area contributed by atoms with Gasteiger partial charge in [-0.2, -0.15) is 0 Å². The smallest absolute Gasteiger partial charge is 0.227 e. The van der Waals surface area contributed by atoms with Crippen LogP contribution in [0.25, 0.3) is 11.0 Å². The summed E-state index contributed by atoms with van der Waals surface area (Å²) in [7, 11) is 0. The summed E-state index contributed by atoms with van der Waals surface area (Å²) in [5.41, 5.74) is 4.44. The first-order valence-electron chi connectivity index (χ1n) is 7.18. The number of amides is 1. The molecule has 0 radical (unpaired) electrons. The normalized spacial score (nSPS) is 11.0. The van der Waals surface area contributed by atoms with Gasteiger partial charge >= 0.3 is 0 Å².